The molecule has 1 aromatic rings. The molecule has 0 saturated carbocycles. The van der Waals surface area contributed by atoms with Crippen LogP contribution >= 0.6 is 0 Å². The number of rotatable bonds is 9. The first-order chi connectivity index (χ1) is 13.7. The highest BCUT2D eigenvalue weighted by Crippen LogP contribution is 2.23. The summed E-state index contributed by atoms with van der Waals surface area (Å²) >= 11 is 0. The number of nitrogens with zero attached hydrogens (tertiary/aromatic N) is 1. The Morgan fingerprint density at radius 2 is 2.25 bits per heavy atom. The van der Waals surface area contributed by atoms with Gasteiger partial charge in [-0.1, -0.05) is 23.8 Å². The van der Waals surface area contributed by atoms with Gasteiger partial charge in [0.15, 0.2) is 5.96 Å². The molecule has 0 amide bonds. The van der Waals surface area contributed by atoms with Gasteiger partial charge in [0.2, 0.25) is 0 Å². The van der Waals surface area contributed by atoms with Crippen LogP contribution in [0.3, 0.4) is 0 Å². The van der Waals surface area contributed by atoms with E-state index in [2.05, 4.69) is 48.8 Å². The number of hydrogen-bond acceptors (Lipinski definition) is 3. The average molecular weight is 386 g/mol. The third-order valence-corrected chi connectivity index (χ3v) is 5.35. The molecule has 1 fully saturated rings. The number of ether oxygens (including phenoxy) is 2. The number of hydrogen-bond donors (Lipinski definition) is 2. The molecule has 1 aliphatic carbocycles. The van der Waals surface area contributed by atoms with E-state index in [9.17, 15) is 0 Å². The highest BCUT2D eigenvalue weighted by atomic mass is 16.5. The monoisotopic (exact) mass is 385 g/mol. The maximum atomic E-state index is 6.15. The quantitative estimate of drug-likeness (QED) is 0.384. The second kappa shape index (κ2) is 11.1. The summed E-state index contributed by atoms with van der Waals surface area (Å²) in [5.74, 6) is 2.32. The molecule has 1 atom stereocenters. The summed E-state index contributed by atoms with van der Waals surface area (Å²) in [6.07, 6.45) is 8.39. The molecule has 5 heteroatoms. The van der Waals surface area contributed by atoms with E-state index in [0.717, 1.165) is 56.4 Å². The Kier molecular flexibility index (Phi) is 8.22. The molecule has 0 radical (unpaired) electrons. The van der Waals surface area contributed by atoms with Gasteiger partial charge in [-0.2, -0.15) is 0 Å². The molecule has 0 spiro atoms. The molecule has 2 N–H and O–H groups in total. The van der Waals surface area contributed by atoms with Gasteiger partial charge in [0.1, 0.15) is 5.75 Å². The molecule has 28 heavy (non-hydrogen) atoms. The van der Waals surface area contributed by atoms with Gasteiger partial charge < -0.3 is 20.1 Å². The minimum atomic E-state index is 0.501. The van der Waals surface area contributed by atoms with Crippen LogP contribution < -0.4 is 15.4 Å². The summed E-state index contributed by atoms with van der Waals surface area (Å²) < 4.78 is 11.6. The van der Waals surface area contributed by atoms with E-state index < -0.39 is 0 Å². The molecule has 1 aromatic carbocycles. The molecule has 5 nitrogen and oxygen atoms in total. The third kappa shape index (κ3) is 6.55. The van der Waals surface area contributed by atoms with Crippen molar-refractivity contribution >= 4 is 5.96 Å². The van der Waals surface area contributed by atoms with E-state index in [1.807, 2.05) is 0 Å². The Bertz CT molecular complexity index is 678. The Balaban J connectivity index is 1.57. The van der Waals surface area contributed by atoms with E-state index in [4.69, 9.17) is 14.5 Å². The van der Waals surface area contributed by atoms with Gasteiger partial charge in [-0.05, 0) is 57.6 Å². The van der Waals surface area contributed by atoms with E-state index in [0.29, 0.717) is 19.1 Å². The molecule has 154 valence electrons. The molecule has 1 unspecified atom stereocenters. The highest BCUT2D eigenvalue weighted by molar-refractivity contribution is 5.79. The van der Waals surface area contributed by atoms with Crippen LogP contribution in [0.25, 0.3) is 0 Å². The summed E-state index contributed by atoms with van der Waals surface area (Å²) in [4.78, 5) is 4.79. The lowest BCUT2D eigenvalue weighted by Crippen LogP contribution is -2.37. The summed E-state index contributed by atoms with van der Waals surface area (Å²) in [5.41, 5.74) is 3.91. The highest BCUT2D eigenvalue weighted by Gasteiger charge is 2.17. The molecule has 3 rings (SSSR count). The molecule has 0 aromatic heterocycles. The van der Waals surface area contributed by atoms with E-state index in [1.54, 1.807) is 5.57 Å². The van der Waals surface area contributed by atoms with Crippen molar-refractivity contribution in [3.63, 3.8) is 0 Å². The average Bonchev–Trinajstić information content (AvgIpc) is 3.39. The van der Waals surface area contributed by atoms with E-state index in [1.165, 1.54) is 24.8 Å². The number of nitrogens with one attached hydrogen (secondary N) is 2. The molecule has 0 bridgehead atoms. The van der Waals surface area contributed by atoms with Crippen LogP contribution in [0.5, 0.6) is 5.75 Å². The van der Waals surface area contributed by atoms with Crippen molar-refractivity contribution < 1.29 is 9.47 Å². The van der Waals surface area contributed by atoms with Gasteiger partial charge >= 0.3 is 0 Å². The Labute approximate surface area is 169 Å². The lowest BCUT2D eigenvalue weighted by molar-refractivity contribution is 0.166. The second-order valence-corrected chi connectivity index (χ2v) is 7.78. The van der Waals surface area contributed by atoms with Gasteiger partial charge in [0.05, 0.1) is 19.8 Å². The zero-order valence-corrected chi connectivity index (χ0v) is 17.4. The molecular weight excluding hydrogens is 350 g/mol. The third-order valence-electron chi connectivity index (χ3n) is 5.35. The van der Waals surface area contributed by atoms with Gasteiger partial charge in [0, 0.05) is 31.2 Å². The van der Waals surface area contributed by atoms with Crippen LogP contribution in [-0.4, -0.2) is 38.9 Å². The zero-order chi connectivity index (χ0) is 19.6. The van der Waals surface area contributed by atoms with Crippen molar-refractivity contribution in [2.75, 3.05) is 32.9 Å². The standard InChI is InChI=1S/C23H35N3O2/c1-3-24-23(25-12-10-19-6-4-5-7-19)26-15-21-9-8-18(2)14-22(21)28-17-20-11-13-27-16-20/h6,8-9,14,20H,3-5,7,10-13,15-17H2,1-2H3,(H2,24,25,26). The fourth-order valence-corrected chi connectivity index (χ4v) is 3.66. The van der Waals surface area contributed by atoms with Gasteiger partial charge in [0.25, 0.3) is 0 Å². The van der Waals surface area contributed by atoms with Crippen LogP contribution in [0.15, 0.2) is 34.8 Å². The van der Waals surface area contributed by atoms with Crippen molar-refractivity contribution in [3.05, 3.63) is 41.0 Å². The van der Waals surface area contributed by atoms with Gasteiger partial charge in [-0.25, -0.2) is 4.99 Å². The fraction of sp³-hybridized carbons (Fsp3) is 0.609. The summed E-state index contributed by atoms with van der Waals surface area (Å²) in [5, 5.41) is 6.81. The van der Waals surface area contributed by atoms with Crippen LogP contribution in [0.4, 0.5) is 0 Å². The predicted molar refractivity (Wildman–Crippen MR) is 115 cm³/mol. The second-order valence-electron chi connectivity index (χ2n) is 7.78. The molecule has 1 heterocycles. The maximum Gasteiger partial charge on any atom is 0.191 e. The van der Waals surface area contributed by atoms with Crippen LogP contribution in [0, 0.1) is 12.8 Å². The van der Waals surface area contributed by atoms with Gasteiger partial charge in [-0.3, -0.25) is 0 Å². The number of aryl methyl sites for hydroxylation is 1. The lowest BCUT2D eigenvalue weighted by atomic mass is 10.1. The normalized spacial score (nSPS) is 19.6. The maximum absolute atomic E-state index is 6.15. The minimum Gasteiger partial charge on any atom is -0.493 e. The number of guanidine groups is 1. The Morgan fingerprint density at radius 1 is 1.32 bits per heavy atom. The van der Waals surface area contributed by atoms with Crippen molar-refractivity contribution in [1.29, 1.82) is 0 Å². The Hall–Kier alpha value is -2.01. The van der Waals surface area contributed by atoms with Crippen molar-refractivity contribution in [2.24, 2.45) is 10.9 Å². The summed E-state index contributed by atoms with van der Waals surface area (Å²) in [6.45, 7) is 8.97. The lowest BCUT2D eigenvalue weighted by Gasteiger charge is -2.15. The number of benzene rings is 1. The van der Waals surface area contributed by atoms with Crippen molar-refractivity contribution in [2.45, 2.75) is 52.5 Å². The van der Waals surface area contributed by atoms with Crippen molar-refractivity contribution in [3.8, 4) is 5.75 Å². The van der Waals surface area contributed by atoms with Crippen LogP contribution in [-0.2, 0) is 11.3 Å². The smallest absolute Gasteiger partial charge is 0.191 e. The summed E-state index contributed by atoms with van der Waals surface area (Å²) in [6, 6.07) is 6.38. The molecule has 1 aliphatic heterocycles. The van der Waals surface area contributed by atoms with E-state index >= 15 is 0 Å². The Morgan fingerprint density at radius 3 is 3.00 bits per heavy atom. The SMILES string of the molecule is CCNC(=NCc1ccc(C)cc1OCC1CCOC1)NCCC1=CCCC1. The minimum absolute atomic E-state index is 0.501. The van der Waals surface area contributed by atoms with E-state index in [-0.39, 0.29) is 0 Å². The summed E-state index contributed by atoms with van der Waals surface area (Å²) in [7, 11) is 0. The van der Waals surface area contributed by atoms with Gasteiger partial charge in [-0.15, -0.1) is 0 Å². The first-order valence-electron chi connectivity index (χ1n) is 10.7. The number of aliphatic imine (C=N–C) groups is 1. The van der Waals surface area contributed by atoms with Crippen LogP contribution in [0.2, 0.25) is 0 Å². The fourth-order valence-electron chi connectivity index (χ4n) is 3.66. The predicted octanol–water partition coefficient (Wildman–Crippen LogP) is 3.97. The van der Waals surface area contributed by atoms with Crippen molar-refractivity contribution in [1.82, 2.24) is 10.6 Å². The molecule has 1 saturated heterocycles. The largest absolute Gasteiger partial charge is 0.493 e. The zero-order valence-electron chi connectivity index (χ0n) is 17.4. The topological polar surface area (TPSA) is 54.9 Å². The molecular formula is C23H35N3O2. The first kappa shape index (κ1) is 20.7. The number of allylic oxidation sites excluding steroid dienone is 1. The van der Waals surface area contributed by atoms with Crippen LogP contribution in [0.1, 0.15) is 50.2 Å². The first-order valence-corrected chi connectivity index (χ1v) is 10.7. The molecule has 2 aliphatic rings.